The molecule has 1 N–H and O–H groups in total. The highest BCUT2D eigenvalue weighted by Gasteiger charge is 2.14. The van der Waals surface area contributed by atoms with E-state index in [1.54, 1.807) is 16.6 Å². The van der Waals surface area contributed by atoms with Crippen LogP contribution in [0.15, 0.2) is 64.6 Å². The Morgan fingerprint density at radius 1 is 1.08 bits per heavy atom. The van der Waals surface area contributed by atoms with Crippen LogP contribution in [0.5, 0.6) is 0 Å². The number of anilines is 1. The summed E-state index contributed by atoms with van der Waals surface area (Å²) in [5, 5.41) is 17.3. The van der Waals surface area contributed by atoms with Crippen LogP contribution >= 0.6 is 23.1 Å². The Balaban J connectivity index is 1.13. The molecule has 0 atom stereocenters. The van der Waals surface area contributed by atoms with E-state index in [1.165, 1.54) is 35.2 Å². The molecule has 0 spiro atoms. The van der Waals surface area contributed by atoms with E-state index in [0.717, 1.165) is 59.9 Å². The second kappa shape index (κ2) is 11.1. The highest BCUT2D eigenvalue weighted by molar-refractivity contribution is 7.99. The van der Waals surface area contributed by atoms with Crippen LogP contribution in [0.25, 0.3) is 27.1 Å². The minimum absolute atomic E-state index is 0.0233. The summed E-state index contributed by atoms with van der Waals surface area (Å²) in [6, 6.07) is 15.8. The van der Waals surface area contributed by atoms with Crippen molar-refractivity contribution in [2.45, 2.75) is 22.9 Å². The van der Waals surface area contributed by atoms with Gasteiger partial charge in [0.15, 0.2) is 10.8 Å². The van der Waals surface area contributed by atoms with Gasteiger partial charge in [0.2, 0.25) is 11.1 Å². The number of amides is 1. The number of thiazole rings is 1. The van der Waals surface area contributed by atoms with E-state index in [-0.39, 0.29) is 11.7 Å². The number of morpholine rings is 1. The lowest BCUT2D eigenvalue weighted by atomic mass is 10.1. The summed E-state index contributed by atoms with van der Waals surface area (Å²) in [7, 11) is 0. The third kappa shape index (κ3) is 5.68. The fraction of sp³-hybridized carbons (Fsp3) is 0.269. The van der Waals surface area contributed by atoms with Crippen molar-refractivity contribution in [1.82, 2.24) is 29.7 Å². The highest BCUT2D eigenvalue weighted by atomic mass is 32.2. The molecule has 1 aliphatic heterocycles. The van der Waals surface area contributed by atoms with Gasteiger partial charge in [0.05, 0.1) is 29.1 Å². The van der Waals surface area contributed by atoms with Gasteiger partial charge in [-0.2, -0.15) is 9.61 Å². The van der Waals surface area contributed by atoms with Crippen LogP contribution in [0, 0.1) is 5.82 Å². The number of hydrogen-bond acceptors (Lipinski definition) is 9. The summed E-state index contributed by atoms with van der Waals surface area (Å²) in [5.74, 6) is -0.315. The molecular formula is C26H24FN7O2S2. The third-order valence-corrected chi connectivity index (χ3v) is 8.03. The Morgan fingerprint density at radius 2 is 1.92 bits per heavy atom. The molecule has 194 valence electrons. The van der Waals surface area contributed by atoms with Crippen molar-refractivity contribution in [3.63, 3.8) is 0 Å². The van der Waals surface area contributed by atoms with Crippen LogP contribution < -0.4 is 5.32 Å². The van der Waals surface area contributed by atoms with Crippen LogP contribution in [0.1, 0.15) is 12.8 Å². The average molecular weight is 550 g/mol. The minimum atomic E-state index is -0.291. The lowest BCUT2D eigenvalue weighted by molar-refractivity contribution is -0.116. The number of nitrogens with zero attached hydrogens (tertiary/aromatic N) is 6. The summed E-state index contributed by atoms with van der Waals surface area (Å²) in [4.78, 5) is 20.3. The van der Waals surface area contributed by atoms with Gasteiger partial charge in [-0.1, -0.05) is 11.3 Å². The average Bonchev–Trinajstić information content (AvgIpc) is 3.52. The predicted molar refractivity (Wildman–Crippen MR) is 145 cm³/mol. The number of nitrogens with one attached hydrogen (secondary N) is 1. The maximum atomic E-state index is 13.3. The van der Waals surface area contributed by atoms with E-state index in [1.807, 2.05) is 30.3 Å². The SMILES string of the molecule is O=C(CCCN1CCOCC1)Nc1nc2ccc(Sc3nnc4ccc(-c5ccc(F)cc5)nn34)cc2s1. The minimum Gasteiger partial charge on any atom is -0.379 e. The van der Waals surface area contributed by atoms with Crippen molar-refractivity contribution < 1.29 is 13.9 Å². The molecule has 38 heavy (non-hydrogen) atoms. The summed E-state index contributed by atoms with van der Waals surface area (Å²) in [6.07, 6.45) is 1.27. The Morgan fingerprint density at radius 3 is 2.76 bits per heavy atom. The Bertz CT molecular complexity index is 1580. The number of aromatic nitrogens is 5. The maximum absolute atomic E-state index is 13.3. The van der Waals surface area contributed by atoms with Crippen LogP contribution in [-0.2, 0) is 9.53 Å². The molecule has 0 radical (unpaired) electrons. The molecule has 1 saturated heterocycles. The number of fused-ring (bicyclic) bond motifs is 2. The van der Waals surface area contributed by atoms with Gasteiger partial charge >= 0.3 is 0 Å². The molecule has 1 aliphatic rings. The summed E-state index contributed by atoms with van der Waals surface area (Å²) in [6.45, 7) is 4.28. The molecule has 1 amide bonds. The number of carbonyl (C=O) groups is 1. The molecule has 0 saturated carbocycles. The van der Waals surface area contributed by atoms with E-state index in [4.69, 9.17) is 4.74 Å². The maximum Gasteiger partial charge on any atom is 0.226 e. The zero-order valence-corrected chi connectivity index (χ0v) is 22.0. The van der Waals surface area contributed by atoms with Crippen molar-refractivity contribution in [2.24, 2.45) is 0 Å². The molecule has 0 bridgehead atoms. The quantitative estimate of drug-likeness (QED) is 0.296. The smallest absolute Gasteiger partial charge is 0.226 e. The Labute approximate surface area is 226 Å². The largest absolute Gasteiger partial charge is 0.379 e. The van der Waals surface area contributed by atoms with Crippen LogP contribution in [0.4, 0.5) is 9.52 Å². The standard InChI is InChI=1S/C26H24FN7O2S2/c27-18-5-3-17(4-6-18)20-9-10-23-30-31-26(34(23)32-20)37-19-7-8-21-22(16-19)38-25(28-21)29-24(35)2-1-11-33-12-14-36-15-13-33/h3-10,16H,1-2,11-15H2,(H,28,29,35). The van der Waals surface area contributed by atoms with Gasteiger partial charge in [-0.25, -0.2) is 9.37 Å². The molecule has 12 heteroatoms. The van der Waals surface area contributed by atoms with Gasteiger partial charge in [0.25, 0.3) is 0 Å². The van der Waals surface area contributed by atoms with Crippen LogP contribution in [-0.4, -0.2) is 68.5 Å². The molecular weight excluding hydrogens is 525 g/mol. The van der Waals surface area contributed by atoms with Gasteiger partial charge < -0.3 is 10.1 Å². The molecule has 2 aromatic carbocycles. The topological polar surface area (TPSA) is 97.5 Å². The molecule has 1 fully saturated rings. The monoisotopic (exact) mass is 549 g/mol. The van der Waals surface area contributed by atoms with Gasteiger partial charge in [0, 0.05) is 30.0 Å². The van der Waals surface area contributed by atoms with Crippen molar-refractivity contribution >= 4 is 50.0 Å². The number of ether oxygens (including phenoxy) is 1. The first-order valence-electron chi connectivity index (χ1n) is 12.3. The number of carbonyl (C=O) groups excluding carboxylic acids is 1. The summed E-state index contributed by atoms with van der Waals surface area (Å²) >= 11 is 2.88. The third-order valence-electron chi connectivity index (χ3n) is 6.17. The number of halogens is 1. The first-order valence-corrected chi connectivity index (χ1v) is 13.9. The second-order valence-corrected chi connectivity index (χ2v) is 10.9. The van der Waals surface area contributed by atoms with Crippen molar-refractivity contribution in [3.05, 3.63) is 60.4 Å². The number of hydrogen-bond donors (Lipinski definition) is 1. The molecule has 3 aromatic heterocycles. The van der Waals surface area contributed by atoms with Gasteiger partial charge in [-0.3, -0.25) is 9.69 Å². The van der Waals surface area contributed by atoms with E-state index in [9.17, 15) is 9.18 Å². The van der Waals surface area contributed by atoms with Crippen LogP contribution in [0.3, 0.4) is 0 Å². The first-order chi connectivity index (χ1) is 18.6. The molecule has 5 aromatic rings. The lowest BCUT2D eigenvalue weighted by Crippen LogP contribution is -2.37. The normalized spacial score (nSPS) is 14.3. The number of benzene rings is 2. The lowest BCUT2D eigenvalue weighted by Gasteiger charge is -2.26. The molecule has 0 unspecified atom stereocenters. The molecule has 6 rings (SSSR count). The molecule has 9 nitrogen and oxygen atoms in total. The van der Waals surface area contributed by atoms with Gasteiger partial charge in [-0.15, -0.1) is 10.2 Å². The molecule has 4 heterocycles. The van der Waals surface area contributed by atoms with E-state index in [0.29, 0.717) is 28.0 Å². The zero-order chi connectivity index (χ0) is 25.9. The van der Waals surface area contributed by atoms with E-state index < -0.39 is 0 Å². The van der Waals surface area contributed by atoms with E-state index in [2.05, 4.69) is 30.5 Å². The second-order valence-electron chi connectivity index (χ2n) is 8.83. The van der Waals surface area contributed by atoms with Crippen molar-refractivity contribution in [1.29, 1.82) is 0 Å². The van der Waals surface area contributed by atoms with Crippen molar-refractivity contribution in [3.8, 4) is 11.3 Å². The Kier molecular flexibility index (Phi) is 7.27. The summed E-state index contributed by atoms with van der Waals surface area (Å²) in [5.41, 5.74) is 2.95. The van der Waals surface area contributed by atoms with Crippen LogP contribution in [0.2, 0.25) is 0 Å². The first kappa shape index (κ1) is 24.9. The fourth-order valence-electron chi connectivity index (χ4n) is 4.20. The van der Waals surface area contributed by atoms with Crippen molar-refractivity contribution in [2.75, 3.05) is 38.2 Å². The predicted octanol–water partition coefficient (Wildman–Crippen LogP) is 4.74. The van der Waals surface area contributed by atoms with Gasteiger partial charge in [-0.05, 0) is 79.3 Å². The zero-order valence-electron chi connectivity index (χ0n) is 20.3. The highest BCUT2D eigenvalue weighted by Crippen LogP contribution is 2.33. The van der Waals surface area contributed by atoms with Gasteiger partial charge in [0.1, 0.15) is 5.82 Å². The number of rotatable bonds is 8. The fourth-order valence-corrected chi connectivity index (χ4v) is 6.03. The summed E-state index contributed by atoms with van der Waals surface area (Å²) < 4.78 is 21.3. The van der Waals surface area contributed by atoms with E-state index >= 15 is 0 Å². The molecule has 0 aliphatic carbocycles. The Hall–Kier alpha value is -3.45.